The fourth-order valence-corrected chi connectivity index (χ4v) is 2.20. The molecule has 4 nitrogen and oxygen atoms in total. The van der Waals surface area contributed by atoms with E-state index in [2.05, 4.69) is 27.7 Å². The highest BCUT2D eigenvalue weighted by atomic mass is 16.7. The van der Waals surface area contributed by atoms with Gasteiger partial charge in [-0.15, -0.1) is 0 Å². The third-order valence-corrected chi connectivity index (χ3v) is 3.70. The van der Waals surface area contributed by atoms with E-state index in [1.165, 1.54) is 0 Å². The second-order valence-corrected chi connectivity index (χ2v) is 6.88. The van der Waals surface area contributed by atoms with Crippen molar-refractivity contribution < 1.29 is 19.0 Å². The van der Waals surface area contributed by atoms with E-state index < -0.39 is 6.16 Å². The summed E-state index contributed by atoms with van der Waals surface area (Å²) in [5.41, 5.74) is 0.987. The van der Waals surface area contributed by atoms with E-state index in [1.807, 2.05) is 24.3 Å². The second-order valence-electron chi connectivity index (χ2n) is 6.88. The molecule has 4 heteroatoms. The minimum Gasteiger partial charge on any atom is -0.490 e. The van der Waals surface area contributed by atoms with Gasteiger partial charge in [-0.3, -0.25) is 0 Å². The molecule has 0 radical (unpaired) electrons. The minimum atomic E-state index is -0.780. The lowest BCUT2D eigenvalue weighted by atomic mass is 9.87. The zero-order chi connectivity index (χ0) is 18.3. The van der Waals surface area contributed by atoms with Crippen molar-refractivity contribution in [3.63, 3.8) is 0 Å². The molecule has 0 heterocycles. The minimum absolute atomic E-state index is 0.0661. The summed E-state index contributed by atoms with van der Waals surface area (Å²) in [6.07, 6.45) is 1.19. The molecule has 0 saturated heterocycles. The van der Waals surface area contributed by atoms with E-state index >= 15 is 0 Å². The van der Waals surface area contributed by atoms with Crippen molar-refractivity contribution >= 4 is 6.16 Å². The number of hydrogen-bond acceptors (Lipinski definition) is 4. The Morgan fingerprint density at radius 2 is 1.68 bits per heavy atom. The summed E-state index contributed by atoms with van der Waals surface area (Å²) < 4.78 is 16.4. The zero-order valence-corrected chi connectivity index (χ0v) is 15.4. The van der Waals surface area contributed by atoms with Crippen LogP contribution in [0.4, 0.5) is 4.79 Å². The van der Waals surface area contributed by atoms with Crippen LogP contribution >= 0.6 is 0 Å². The summed E-state index contributed by atoms with van der Waals surface area (Å²) in [4.78, 5) is 12.1. The van der Waals surface area contributed by atoms with Crippen LogP contribution in [0.1, 0.15) is 46.1 Å². The third-order valence-electron chi connectivity index (χ3n) is 3.70. The number of ether oxygens (including phenoxy) is 3. The molecule has 2 aromatic carbocycles. The molecule has 0 fully saturated rings. The zero-order valence-electron chi connectivity index (χ0n) is 15.4. The summed E-state index contributed by atoms with van der Waals surface area (Å²) in [6, 6.07) is 14.5. The van der Waals surface area contributed by atoms with Gasteiger partial charge in [-0.25, -0.2) is 4.79 Å². The van der Waals surface area contributed by atoms with Crippen LogP contribution in [0.2, 0.25) is 0 Å². The van der Waals surface area contributed by atoms with Crippen LogP contribution in [-0.4, -0.2) is 12.8 Å². The van der Waals surface area contributed by atoms with Crippen LogP contribution in [0.15, 0.2) is 48.5 Å². The molecule has 0 spiro atoms. The fraction of sp³-hybridized carbons (Fsp3) is 0.381. The van der Waals surface area contributed by atoms with E-state index in [9.17, 15) is 4.79 Å². The van der Waals surface area contributed by atoms with Crippen LogP contribution in [0.5, 0.6) is 17.2 Å². The maximum Gasteiger partial charge on any atom is 0.519 e. The first-order valence-electron chi connectivity index (χ1n) is 8.62. The van der Waals surface area contributed by atoms with Gasteiger partial charge in [0.15, 0.2) is 11.5 Å². The molecule has 0 aliphatic rings. The van der Waals surface area contributed by atoms with Gasteiger partial charge in [-0.2, -0.15) is 0 Å². The van der Waals surface area contributed by atoms with Gasteiger partial charge in [0.2, 0.25) is 0 Å². The first-order chi connectivity index (χ1) is 11.9. The summed E-state index contributed by atoms with van der Waals surface area (Å²) in [6.45, 7) is 8.99. The summed E-state index contributed by atoms with van der Waals surface area (Å²) in [5.74, 6) is 1.36. The van der Waals surface area contributed by atoms with Gasteiger partial charge < -0.3 is 14.2 Å². The Balaban J connectivity index is 2.17. The average molecular weight is 342 g/mol. The normalized spacial score (nSPS) is 11.0. The Bertz CT molecular complexity index is 687. The van der Waals surface area contributed by atoms with Gasteiger partial charge in [0.05, 0.1) is 6.61 Å². The smallest absolute Gasteiger partial charge is 0.490 e. The Kier molecular flexibility index (Phi) is 6.45. The number of para-hydroxylation sites is 1. The number of benzene rings is 2. The molecule has 0 saturated carbocycles. The highest BCUT2D eigenvalue weighted by molar-refractivity contribution is 5.68. The quantitative estimate of drug-likeness (QED) is 0.381. The van der Waals surface area contributed by atoms with Crippen LogP contribution in [0.25, 0.3) is 0 Å². The molecule has 0 aliphatic carbocycles. The Morgan fingerprint density at radius 1 is 0.960 bits per heavy atom. The van der Waals surface area contributed by atoms with Gasteiger partial charge in [0.25, 0.3) is 0 Å². The predicted octanol–water partition coefficient (Wildman–Crippen LogP) is 5.74. The predicted molar refractivity (Wildman–Crippen MR) is 98.6 cm³/mol. The molecular weight excluding hydrogens is 316 g/mol. The monoisotopic (exact) mass is 342 g/mol. The Hall–Kier alpha value is -2.49. The molecule has 0 unspecified atom stereocenters. The Morgan fingerprint density at radius 3 is 2.32 bits per heavy atom. The molecule has 0 bridgehead atoms. The van der Waals surface area contributed by atoms with Crippen molar-refractivity contribution in [1.29, 1.82) is 0 Å². The standard InChI is InChI=1S/C21H26O4/c1-5-6-14-23-18-13-12-16(21(2,3)4)15-19(18)25-20(22)24-17-10-8-7-9-11-17/h7-13,15H,5-6,14H2,1-4H3. The molecule has 0 N–H and O–H groups in total. The highest BCUT2D eigenvalue weighted by Gasteiger charge is 2.19. The lowest BCUT2D eigenvalue weighted by Gasteiger charge is -2.21. The van der Waals surface area contributed by atoms with Crippen molar-refractivity contribution in [3.05, 3.63) is 54.1 Å². The van der Waals surface area contributed by atoms with Crippen molar-refractivity contribution in [3.8, 4) is 17.2 Å². The second kappa shape index (κ2) is 8.56. The van der Waals surface area contributed by atoms with Gasteiger partial charge in [-0.05, 0) is 41.7 Å². The molecule has 2 aromatic rings. The average Bonchev–Trinajstić information content (AvgIpc) is 2.56. The molecule has 2 rings (SSSR count). The van der Waals surface area contributed by atoms with Crippen molar-refractivity contribution in [2.45, 2.75) is 46.0 Å². The van der Waals surface area contributed by atoms with Crippen LogP contribution in [0, 0.1) is 0 Å². The number of hydrogen-bond donors (Lipinski definition) is 0. The van der Waals surface area contributed by atoms with Crippen molar-refractivity contribution in [2.75, 3.05) is 6.61 Å². The maximum atomic E-state index is 12.1. The lowest BCUT2D eigenvalue weighted by molar-refractivity contribution is 0.149. The molecule has 0 amide bonds. The molecular formula is C21H26O4. The summed E-state index contributed by atoms with van der Waals surface area (Å²) in [7, 11) is 0. The van der Waals surface area contributed by atoms with E-state index in [4.69, 9.17) is 14.2 Å². The number of rotatable bonds is 6. The topological polar surface area (TPSA) is 44.8 Å². The largest absolute Gasteiger partial charge is 0.519 e. The van der Waals surface area contributed by atoms with Crippen molar-refractivity contribution in [1.82, 2.24) is 0 Å². The van der Waals surface area contributed by atoms with E-state index in [-0.39, 0.29) is 5.41 Å². The fourth-order valence-electron chi connectivity index (χ4n) is 2.20. The molecule has 0 atom stereocenters. The summed E-state index contributed by atoms with van der Waals surface area (Å²) in [5, 5.41) is 0. The van der Waals surface area contributed by atoms with Crippen LogP contribution in [-0.2, 0) is 5.41 Å². The molecule has 134 valence electrons. The first kappa shape index (κ1) is 18.8. The van der Waals surface area contributed by atoms with E-state index in [0.717, 1.165) is 18.4 Å². The Labute approximate surface area is 149 Å². The SMILES string of the molecule is CCCCOc1ccc(C(C)(C)C)cc1OC(=O)Oc1ccccc1. The summed E-state index contributed by atoms with van der Waals surface area (Å²) >= 11 is 0. The van der Waals surface area contributed by atoms with Gasteiger partial charge in [0.1, 0.15) is 5.75 Å². The van der Waals surface area contributed by atoms with Gasteiger partial charge in [-0.1, -0.05) is 58.4 Å². The van der Waals surface area contributed by atoms with Crippen molar-refractivity contribution in [2.24, 2.45) is 0 Å². The molecule has 25 heavy (non-hydrogen) atoms. The highest BCUT2D eigenvalue weighted by Crippen LogP contribution is 2.34. The van der Waals surface area contributed by atoms with Gasteiger partial charge in [0, 0.05) is 0 Å². The van der Waals surface area contributed by atoms with E-state index in [0.29, 0.717) is 23.9 Å². The number of unbranched alkanes of at least 4 members (excludes halogenated alkanes) is 1. The maximum absolute atomic E-state index is 12.1. The van der Waals surface area contributed by atoms with Gasteiger partial charge >= 0.3 is 6.16 Å². The lowest BCUT2D eigenvalue weighted by Crippen LogP contribution is -2.16. The number of carbonyl (C=O) groups is 1. The third kappa shape index (κ3) is 5.82. The van der Waals surface area contributed by atoms with Crippen LogP contribution < -0.4 is 14.2 Å². The number of carbonyl (C=O) groups excluding carboxylic acids is 1. The molecule has 0 aliphatic heterocycles. The first-order valence-corrected chi connectivity index (χ1v) is 8.62. The molecule has 0 aromatic heterocycles. The van der Waals surface area contributed by atoms with E-state index in [1.54, 1.807) is 24.3 Å². The van der Waals surface area contributed by atoms with Crippen LogP contribution in [0.3, 0.4) is 0 Å².